The van der Waals surface area contributed by atoms with Crippen LogP contribution in [-0.2, 0) is 9.84 Å². The lowest BCUT2D eigenvalue weighted by Gasteiger charge is -1.99. The molecule has 0 fully saturated rings. The Balaban J connectivity index is 3.08. The zero-order valence-electron chi connectivity index (χ0n) is 6.90. The van der Waals surface area contributed by atoms with Crippen LogP contribution in [-0.4, -0.2) is 14.2 Å². The van der Waals surface area contributed by atoms with Crippen LogP contribution in [0.15, 0.2) is 41.8 Å². The first-order valence-corrected chi connectivity index (χ1v) is 5.31. The molecular formula is C9H9FO2S. The third-order valence-corrected chi connectivity index (χ3v) is 3.17. The summed E-state index contributed by atoms with van der Waals surface area (Å²) in [7, 11) is -3.31. The van der Waals surface area contributed by atoms with E-state index in [1.807, 2.05) is 0 Å². The molecule has 0 spiro atoms. The summed E-state index contributed by atoms with van der Waals surface area (Å²) in [4.78, 5) is 0.119. The van der Waals surface area contributed by atoms with E-state index in [0.717, 1.165) is 12.1 Å². The molecule has 1 aromatic rings. The van der Waals surface area contributed by atoms with Gasteiger partial charge in [-0.1, -0.05) is 6.08 Å². The molecule has 0 saturated carbocycles. The summed E-state index contributed by atoms with van der Waals surface area (Å²) in [5.74, 6) is -0.573. The minimum atomic E-state index is -3.31. The molecule has 4 heteroatoms. The van der Waals surface area contributed by atoms with Crippen LogP contribution in [0.4, 0.5) is 4.39 Å². The van der Waals surface area contributed by atoms with E-state index in [1.165, 1.54) is 18.2 Å². The van der Waals surface area contributed by atoms with Crippen molar-refractivity contribution in [2.24, 2.45) is 0 Å². The van der Waals surface area contributed by atoms with Crippen LogP contribution in [0.5, 0.6) is 0 Å². The molecule has 0 atom stereocenters. The lowest BCUT2D eigenvalue weighted by Crippen LogP contribution is -2.04. The van der Waals surface area contributed by atoms with Crippen molar-refractivity contribution in [1.82, 2.24) is 0 Å². The highest BCUT2D eigenvalue weighted by Crippen LogP contribution is 2.11. The van der Waals surface area contributed by atoms with Gasteiger partial charge in [-0.3, -0.25) is 0 Å². The van der Waals surface area contributed by atoms with E-state index in [4.69, 9.17) is 0 Å². The van der Waals surface area contributed by atoms with Crippen molar-refractivity contribution in [3.8, 4) is 0 Å². The fourth-order valence-electron chi connectivity index (χ4n) is 0.893. The molecule has 0 heterocycles. The zero-order valence-corrected chi connectivity index (χ0v) is 7.72. The standard InChI is InChI=1S/C9H9FO2S/c1-2-7-13(11,12)9-5-3-8(10)4-6-9/h2-6H,1,7H2. The van der Waals surface area contributed by atoms with E-state index in [2.05, 4.69) is 6.58 Å². The van der Waals surface area contributed by atoms with E-state index >= 15 is 0 Å². The van der Waals surface area contributed by atoms with Crippen LogP contribution < -0.4 is 0 Å². The molecule has 0 amide bonds. The highest BCUT2D eigenvalue weighted by atomic mass is 32.2. The number of benzene rings is 1. The number of rotatable bonds is 3. The first-order valence-electron chi connectivity index (χ1n) is 3.65. The predicted octanol–water partition coefficient (Wildman–Crippen LogP) is 1.79. The molecule has 0 aliphatic carbocycles. The molecule has 0 N–H and O–H groups in total. The molecule has 1 aromatic carbocycles. The lowest BCUT2D eigenvalue weighted by atomic mass is 10.4. The van der Waals surface area contributed by atoms with Gasteiger partial charge in [0, 0.05) is 0 Å². The van der Waals surface area contributed by atoms with Crippen molar-refractivity contribution in [1.29, 1.82) is 0 Å². The van der Waals surface area contributed by atoms with E-state index in [-0.39, 0.29) is 10.6 Å². The second kappa shape index (κ2) is 3.70. The molecule has 0 aromatic heterocycles. The van der Waals surface area contributed by atoms with Gasteiger partial charge in [0.15, 0.2) is 9.84 Å². The van der Waals surface area contributed by atoms with E-state index in [1.54, 1.807) is 0 Å². The summed E-state index contributed by atoms with van der Waals surface area (Å²) in [6.45, 7) is 3.34. The quantitative estimate of drug-likeness (QED) is 0.550. The first-order chi connectivity index (χ1) is 6.06. The Morgan fingerprint density at radius 3 is 2.31 bits per heavy atom. The van der Waals surface area contributed by atoms with Gasteiger partial charge in [-0.25, -0.2) is 12.8 Å². The molecule has 0 saturated heterocycles. The van der Waals surface area contributed by atoms with Crippen LogP contribution in [0.25, 0.3) is 0 Å². The molecule has 70 valence electrons. The Morgan fingerprint density at radius 1 is 1.31 bits per heavy atom. The zero-order chi connectivity index (χ0) is 9.90. The van der Waals surface area contributed by atoms with E-state index < -0.39 is 15.7 Å². The fourth-order valence-corrected chi connectivity index (χ4v) is 1.95. The Labute approximate surface area is 76.6 Å². The minimum Gasteiger partial charge on any atom is -0.223 e. The summed E-state index contributed by atoms with van der Waals surface area (Å²) >= 11 is 0. The maximum absolute atomic E-state index is 12.4. The van der Waals surface area contributed by atoms with Crippen LogP contribution in [0, 0.1) is 5.82 Å². The Morgan fingerprint density at radius 2 is 1.85 bits per heavy atom. The van der Waals surface area contributed by atoms with Gasteiger partial charge >= 0.3 is 0 Å². The Kier molecular flexibility index (Phi) is 2.83. The molecule has 0 aliphatic rings. The van der Waals surface area contributed by atoms with Crippen LogP contribution in [0.2, 0.25) is 0 Å². The summed E-state index contributed by atoms with van der Waals surface area (Å²) in [5, 5.41) is 0. The maximum atomic E-state index is 12.4. The van der Waals surface area contributed by atoms with E-state index in [9.17, 15) is 12.8 Å². The molecule has 0 radical (unpaired) electrons. The van der Waals surface area contributed by atoms with Crippen molar-refractivity contribution in [2.75, 3.05) is 5.75 Å². The van der Waals surface area contributed by atoms with Gasteiger partial charge in [0.1, 0.15) is 5.82 Å². The average Bonchev–Trinajstić information content (AvgIpc) is 2.05. The number of sulfone groups is 1. The van der Waals surface area contributed by atoms with Gasteiger partial charge in [-0.15, -0.1) is 6.58 Å². The number of halogens is 1. The highest BCUT2D eigenvalue weighted by Gasteiger charge is 2.11. The van der Waals surface area contributed by atoms with Gasteiger partial charge in [-0.05, 0) is 24.3 Å². The van der Waals surface area contributed by atoms with Gasteiger partial charge in [0.05, 0.1) is 10.6 Å². The summed E-state index contributed by atoms with van der Waals surface area (Å²) in [5.41, 5.74) is 0. The Hall–Kier alpha value is -1.16. The minimum absolute atomic E-state index is 0.119. The topological polar surface area (TPSA) is 34.1 Å². The van der Waals surface area contributed by atoms with Crippen LogP contribution in [0.1, 0.15) is 0 Å². The third kappa shape index (κ3) is 2.39. The number of hydrogen-bond donors (Lipinski definition) is 0. The summed E-state index contributed by atoms with van der Waals surface area (Å²) < 4.78 is 35.1. The summed E-state index contributed by atoms with van der Waals surface area (Å²) in [6.07, 6.45) is 1.30. The third-order valence-electron chi connectivity index (χ3n) is 1.51. The normalized spacial score (nSPS) is 11.2. The average molecular weight is 200 g/mol. The van der Waals surface area contributed by atoms with Crippen molar-refractivity contribution >= 4 is 9.84 Å². The number of hydrogen-bond acceptors (Lipinski definition) is 2. The van der Waals surface area contributed by atoms with Gasteiger partial charge in [-0.2, -0.15) is 0 Å². The monoisotopic (exact) mass is 200 g/mol. The Bertz CT molecular complexity index is 392. The molecule has 13 heavy (non-hydrogen) atoms. The fraction of sp³-hybridized carbons (Fsp3) is 0.111. The molecule has 0 aliphatic heterocycles. The molecule has 0 unspecified atom stereocenters. The van der Waals surface area contributed by atoms with Crippen LogP contribution in [0.3, 0.4) is 0 Å². The molecule has 2 nitrogen and oxygen atoms in total. The van der Waals surface area contributed by atoms with Gasteiger partial charge in [0.25, 0.3) is 0 Å². The molecular weight excluding hydrogens is 191 g/mol. The van der Waals surface area contributed by atoms with Crippen molar-refractivity contribution < 1.29 is 12.8 Å². The molecule has 0 bridgehead atoms. The second-order valence-corrected chi connectivity index (χ2v) is 4.56. The second-order valence-electron chi connectivity index (χ2n) is 2.52. The first kappa shape index (κ1) is 9.92. The summed E-state index contributed by atoms with van der Waals surface area (Å²) in [6, 6.07) is 4.73. The van der Waals surface area contributed by atoms with Crippen molar-refractivity contribution in [3.05, 3.63) is 42.7 Å². The van der Waals surface area contributed by atoms with E-state index in [0.29, 0.717) is 0 Å². The smallest absolute Gasteiger partial charge is 0.181 e. The predicted molar refractivity (Wildman–Crippen MR) is 48.6 cm³/mol. The lowest BCUT2D eigenvalue weighted by molar-refractivity contribution is 0.597. The van der Waals surface area contributed by atoms with Gasteiger partial charge < -0.3 is 0 Å². The van der Waals surface area contributed by atoms with Gasteiger partial charge in [0.2, 0.25) is 0 Å². The maximum Gasteiger partial charge on any atom is 0.181 e. The molecule has 1 rings (SSSR count). The highest BCUT2D eigenvalue weighted by molar-refractivity contribution is 7.91. The van der Waals surface area contributed by atoms with Crippen molar-refractivity contribution in [2.45, 2.75) is 4.90 Å². The van der Waals surface area contributed by atoms with Crippen LogP contribution >= 0.6 is 0 Å². The largest absolute Gasteiger partial charge is 0.223 e. The SMILES string of the molecule is C=CCS(=O)(=O)c1ccc(F)cc1. The van der Waals surface area contributed by atoms with Crippen molar-refractivity contribution in [3.63, 3.8) is 0 Å².